The molecule has 3 heterocycles. The van der Waals surface area contributed by atoms with Crippen LogP contribution >= 0.6 is 0 Å². The van der Waals surface area contributed by atoms with Gasteiger partial charge < -0.3 is 14.4 Å². The van der Waals surface area contributed by atoms with Crippen molar-refractivity contribution in [3.63, 3.8) is 0 Å². The Hall–Kier alpha value is -3.76. The SMILES string of the molecule is N#Cc1cccc(COc2ccccc2-c2cncc(C(=O)N3CCC4(CCOC4)C3)n2)c1. The number of para-hydroxylation sites is 1. The molecular formula is C26H24N4O3. The van der Waals surface area contributed by atoms with Gasteiger partial charge in [-0.15, -0.1) is 0 Å². The van der Waals surface area contributed by atoms with E-state index in [9.17, 15) is 4.79 Å². The molecule has 0 aliphatic carbocycles. The molecule has 2 aromatic carbocycles. The van der Waals surface area contributed by atoms with Crippen LogP contribution in [0.1, 0.15) is 34.5 Å². The molecule has 1 spiro atoms. The number of benzene rings is 2. The first kappa shape index (κ1) is 21.1. The van der Waals surface area contributed by atoms with Crippen LogP contribution in [-0.2, 0) is 11.3 Å². The van der Waals surface area contributed by atoms with E-state index in [1.54, 1.807) is 18.3 Å². The topological polar surface area (TPSA) is 88.3 Å². The van der Waals surface area contributed by atoms with Gasteiger partial charge in [0.05, 0.1) is 36.3 Å². The number of nitrogens with zero attached hydrogens (tertiary/aromatic N) is 4. The molecule has 7 nitrogen and oxygen atoms in total. The Balaban J connectivity index is 1.34. The van der Waals surface area contributed by atoms with Gasteiger partial charge in [0.1, 0.15) is 18.1 Å². The number of carbonyl (C=O) groups is 1. The molecule has 2 aliphatic heterocycles. The maximum absolute atomic E-state index is 13.2. The van der Waals surface area contributed by atoms with Crippen LogP contribution in [0.4, 0.5) is 0 Å². The molecule has 1 amide bonds. The fraction of sp³-hybridized carbons (Fsp3) is 0.308. The molecule has 0 N–H and O–H groups in total. The Labute approximate surface area is 192 Å². The Morgan fingerprint density at radius 1 is 1.18 bits per heavy atom. The zero-order valence-electron chi connectivity index (χ0n) is 18.2. The first-order valence-corrected chi connectivity index (χ1v) is 11.1. The largest absolute Gasteiger partial charge is 0.488 e. The molecule has 5 rings (SSSR count). The summed E-state index contributed by atoms with van der Waals surface area (Å²) >= 11 is 0. The fourth-order valence-electron chi connectivity index (χ4n) is 4.54. The quantitative estimate of drug-likeness (QED) is 0.599. The molecule has 166 valence electrons. The van der Waals surface area contributed by atoms with Crippen LogP contribution in [0.2, 0.25) is 0 Å². The molecule has 0 saturated carbocycles. The van der Waals surface area contributed by atoms with Gasteiger partial charge in [-0.1, -0.05) is 24.3 Å². The minimum Gasteiger partial charge on any atom is -0.488 e. The van der Waals surface area contributed by atoms with Gasteiger partial charge in [0.25, 0.3) is 5.91 Å². The Kier molecular flexibility index (Phi) is 5.76. The summed E-state index contributed by atoms with van der Waals surface area (Å²) in [4.78, 5) is 24.0. The second-order valence-corrected chi connectivity index (χ2v) is 8.67. The number of ether oxygens (including phenoxy) is 2. The summed E-state index contributed by atoms with van der Waals surface area (Å²) in [5.41, 5.74) is 3.27. The van der Waals surface area contributed by atoms with E-state index in [0.29, 0.717) is 35.9 Å². The molecule has 1 atom stereocenters. The number of hydrogen-bond acceptors (Lipinski definition) is 6. The maximum atomic E-state index is 13.2. The second-order valence-electron chi connectivity index (χ2n) is 8.67. The lowest BCUT2D eigenvalue weighted by Gasteiger charge is -2.21. The lowest BCUT2D eigenvalue weighted by molar-refractivity contribution is 0.0759. The number of rotatable bonds is 5. The monoisotopic (exact) mass is 440 g/mol. The van der Waals surface area contributed by atoms with E-state index in [-0.39, 0.29) is 11.3 Å². The third-order valence-corrected chi connectivity index (χ3v) is 6.38. The lowest BCUT2D eigenvalue weighted by Crippen LogP contribution is -2.33. The predicted molar refractivity (Wildman–Crippen MR) is 121 cm³/mol. The van der Waals surface area contributed by atoms with E-state index in [2.05, 4.69) is 16.0 Å². The molecule has 2 saturated heterocycles. The van der Waals surface area contributed by atoms with Crippen LogP contribution in [0.25, 0.3) is 11.3 Å². The van der Waals surface area contributed by atoms with E-state index >= 15 is 0 Å². The number of likely N-dealkylation sites (tertiary alicyclic amines) is 1. The lowest BCUT2D eigenvalue weighted by atomic mass is 9.87. The molecule has 33 heavy (non-hydrogen) atoms. The van der Waals surface area contributed by atoms with Crippen molar-refractivity contribution in [1.29, 1.82) is 5.26 Å². The van der Waals surface area contributed by atoms with Crippen LogP contribution in [-0.4, -0.2) is 47.1 Å². The van der Waals surface area contributed by atoms with E-state index in [1.165, 1.54) is 6.20 Å². The van der Waals surface area contributed by atoms with Gasteiger partial charge in [-0.2, -0.15) is 5.26 Å². The molecule has 0 radical (unpaired) electrons. The van der Waals surface area contributed by atoms with Crippen LogP contribution < -0.4 is 4.74 Å². The van der Waals surface area contributed by atoms with Crippen LogP contribution in [0.3, 0.4) is 0 Å². The van der Waals surface area contributed by atoms with Crippen molar-refractivity contribution < 1.29 is 14.3 Å². The smallest absolute Gasteiger partial charge is 0.274 e. The summed E-state index contributed by atoms with van der Waals surface area (Å²) in [6.07, 6.45) is 5.14. The van der Waals surface area contributed by atoms with Crippen molar-refractivity contribution in [1.82, 2.24) is 14.9 Å². The minimum absolute atomic E-state index is 0.0974. The second kappa shape index (κ2) is 9.00. The molecule has 0 bridgehead atoms. The van der Waals surface area contributed by atoms with E-state index < -0.39 is 0 Å². The molecule has 7 heteroatoms. The number of carbonyl (C=O) groups excluding carboxylic acids is 1. The van der Waals surface area contributed by atoms with Gasteiger partial charge in [0, 0.05) is 30.7 Å². The highest BCUT2D eigenvalue weighted by Gasteiger charge is 2.43. The molecule has 1 aromatic heterocycles. The highest BCUT2D eigenvalue weighted by molar-refractivity contribution is 5.92. The molecular weight excluding hydrogens is 416 g/mol. The first-order chi connectivity index (χ1) is 16.2. The number of aromatic nitrogens is 2. The minimum atomic E-state index is -0.0974. The summed E-state index contributed by atoms with van der Waals surface area (Å²) < 4.78 is 11.6. The van der Waals surface area contributed by atoms with Crippen LogP contribution in [0.15, 0.2) is 60.9 Å². The Bertz CT molecular complexity index is 1210. The van der Waals surface area contributed by atoms with Gasteiger partial charge in [0.15, 0.2) is 0 Å². The highest BCUT2D eigenvalue weighted by Crippen LogP contribution is 2.38. The van der Waals surface area contributed by atoms with Crippen molar-refractivity contribution in [2.75, 3.05) is 26.3 Å². The van der Waals surface area contributed by atoms with Gasteiger partial charge >= 0.3 is 0 Å². The normalized spacial score (nSPS) is 19.5. The molecule has 2 fully saturated rings. The summed E-state index contributed by atoms with van der Waals surface area (Å²) in [6, 6.07) is 17.0. The van der Waals surface area contributed by atoms with Gasteiger partial charge in [-0.05, 0) is 42.7 Å². The molecule has 2 aliphatic rings. The van der Waals surface area contributed by atoms with Gasteiger partial charge in [-0.3, -0.25) is 9.78 Å². The van der Waals surface area contributed by atoms with Crippen molar-refractivity contribution in [3.05, 3.63) is 77.7 Å². The number of amides is 1. The zero-order valence-corrected chi connectivity index (χ0v) is 18.2. The summed E-state index contributed by atoms with van der Waals surface area (Å²) in [5, 5.41) is 9.11. The van der Waals surface area contributed by atoms with E-state index in [1.807, 2.05) is 41.3 Å². The third-order valence-electron chi connectivity index (χ3n) is 6.38. The van der Waals surface area contributed by atoms with Crippen molar-refractivity contribution in [2.24, 2.45) is 5.41 Å². The van der Waals surface area contributed by atoms with Crippen molar-refractivity contribution >= 4 is 5.91 Å². The van der Waals surface area contributed by atoms with Crippen LogP contribution in [0, 0.1) is 16.7 Å². The zero-order chi connectivity index (χ0) is 22.7. The van der Waals surface area contributed by atoms with Crippen molar-refractivity contribution in [2.45, 2.75) is 19.4 Å². The maximum Gasteiger partial charge on any atom is 0.274 e. The Morgan fingerprint density at radius 2 is 2.09 bits per heavy atom. The van der Waals surface area contributed by atoms with Crippen molar-refractivity contribution in [3.8, 4) is 23.1 Å². The number of hydrogen-bond donors (Lipinski definition) is 0. The average molecular weight is 441 g/mol. The van der Waals surface area contributed by atoms with Gasteiger partial charge in [-0.25, -0.2) is 4.98 Å². The van der Waals surface area contributed by atoms with Gasteiger partial charge in [0.2, 0.25) is 0 Å². The summed E-state index contributed by atoms with van der Waals surface area (Å²) in [5.74, 6) is 0.543. The summed E-state index contributed by atoms with van der Waals surface area (Å²) in [6.45, 7) is 3.24. The average Bonchev–Trinajstić information content (AvgIpc) is 3.52. The Morgan fingerprint density at radius 3 is 2.94 bits per heavy atom. The standard InChI is InChI=1S/C26H24N4O3/c27-13-19-4-3-5-20(12-19)16-33-24-7-2-1-6-21(24)22-14-28-15-23(29-22)25(31)30-10-8-26(17-30)9-11-32-18-26/h1-7,12,14-15H,8-11,16-18H2. The highest BCUT2D eigenvalue weighted by atomic mass is 16.5. The predicted octanol–water partition coefficient (Wildman–Crippen LogP) is 3.85. The van der Waals surface area contributed by atoms with E-state index in [4.69, 9.17) is 14.7 Å². The number of nitriles is 1. The van der Waals surface area contributed by atoms with E-state index in [0.717, 1.165) is 43.7 Å². The molecule has 3 aromatic rings. The fourth-order valence-corrected chi connectivity index (χ4v) is 4.54. The van der Waals surface area contributed by atoms with Crippen LogP contribution in [0.5, 0.6) is 5.75 Å². The summed E-state index contributed by atoms with van der Waals surface area (Å²) in [7, 11) is 0. The first-order valence-electron chi connectivity index (χ1n) is 11.1. The molecule has 1 unspecified atom stereocenters. The third kappa shape index (κ3) is 4.43.